The highest BCUT2D eigenvalue weighted by Gasteiger charge is 2.36. The second-order valence-electron chi connectivity index (χ2n) is 7.32. The highest BCUT2D eigenvalue weighted by Crippen LogP contribution is 2.38. The Morgan fingerprint density at radius 1 is 1.20 bits per heavy atom. The van der Waals surface area contributed by atoms with E-state index in [0.29, 0.717) is 18.4 Å². The average molecular weight is 359 g/mol. The van der Waals surface area contributed by atoms with Crippen molar-refractivity contribution in [2.24, 2.45) is 5.92 Å². The van der Waals surface area contributed by atoms with Crippen LogP contribution in [0.1, 0.15) is 43.8 Å². The third kappa shape index (κ3) is 2.64. The SMILES string of the molecule is O=S(=O)(NCC1CC[C@@H](c2ncc3cnc4[nH]ccc4n23)C1)C1CC1. The zero-order valence-electron chi connectivity index (χ0n) is 13.9. The molecule has 2 fully saturated rings. The zero-order chi connectivity index (χ0) is 17.0. The molecule has 5 rings (SSSR count). The number of aromatic nitrogens is 4. The maximum absolute atomic E-state index is 12.0. The van der Waals surface area contributed by atoms with E-state index in [4.69, 9.17) is 0 Å². The van der Waals surface area contributed by atoms with Crippen molar-refractivity contribution in [2.45, 2.75) is 43.3 Å². The number of hydrogen-bond acceptors (Lipinski definition) is 4. The normalized spacial score (nSPS) is 24.5. The van der Waals surface area contributed by atoms with E-state index in [9.17, 15) is 8.42 Å². The quantitative estimate of drug-likeness (QED) is 0.730. The van der Waals surface area contributed by atoms with Crippen LogP contribution in [0.3, 0.4) is 0 Å². The van der Waals surface area contributed by atoms with Gasteiger partial charge >= 0.3 is 0 Å². The predicted octanol–water partition coefficient (Wildman–Crippen LogP) is 2.18. The van der Waals surface area contributed by atoms with Gasteiger partial charge in [-0.25, -0.2) is 23.1 Å². The van der Waals surface area contributed by atoms with Crippen molar-refractivity contribution in [3.05, 3.63) is 30.5 Å². The first-order valence-corrected chi connectivity index (χ1v) is 10.4. The highest BCUT2D eigenvalue weighted by molar-refractivity contribution is 7.90. The lowest BCUT2D eigenvalue weighted by Crippen LogP contribution is -2.31. The number of H-pyrrole nitrogens is 1. The number of sulfonamides is 1. The molecule has 8 heteroatoms. The van der Waals surface area contributed by atoms with Crippen LogP contribution < -0.4 is 4.72 Å². The van der Waals surface area contributed by atoms with E-state index in [1.807, 2.05) is 24.7 Å². The number of rotatable bonds is 5. The van der Waals surface area contributed by atoms with Crippen molar-refractivity contribution in [3.8, 4) is 0 Å². The number of nitrogens with zero attached hydrogens (tertiary/aromatic N) is 3. The van der Waals surface area contributed by atoms with Gasteiger partial charge in [0, 0.05) is 18.7 Å². The van der Waals surface area contributed by atoms with Gasteiger partial charge in [-0.15, -0.1) is 0 Å². The van der Waals surface area contributed by atoms with E-state index >= 15 is 0 Å². The van der Waals surface area contributed by atoms with Crippen molar-refractivity contribution < 1.29 is 8.42 Å². The molecule has 0 spiro atoms. The van der Waals surface area contributed by atoms with E-state index in [2.05, 4.69) is 24.1 Å². The topological polar surface area (TPSA) is 92.2 Å². The minimum absolute atomic E-state index is 0.143. The second kappa shape index (κ2) is 5.54. The molecule has 0 radical (unpaired) electrons. The van der Waals surface area contributed by atoms with Gasteiger partial charge in [0.05, 0.1) is 28.7 Å². The summed E-state index contributed by atoms with van der Waals surface area (Å²) in [6.07, 6.45) is 10.3. The maximum atomic E-state index is 12.0. The lowest BCUT2D eigenvalue weighted by molar-refractivity contribution is 0.509. The Morgan fingerprint density at radius 3 is 2.88 bits per heavy atom. The largest absolute Gasteiger partial charge is 0.345 e. The van der Waals surface area contributed by atoms with E-state index < -0.39 is 10.0 Å². The molecule has 3 heterocycles. The van der Waals surface area contributed by atoms with Crippen LogP contribution in [0.5, 0.6) is 0 Å². The van der Waals surface area contributed by atoms with Gasteiger partial charge in [0.2, 0.25) is 10.0 Å². The van der Waals surface area contributed by atoms with Crippen LogP contribution in [0, 0.1) is 5.92 Å². The van der Waals surface area contributed by atoms with Gasteiger partial charge in [0.1, 0.15) is 5.82 Å². The summed E-state index contributed by atoms with van der Waals surface area (Å²) >= 11 is 0. The standard InChI is InChI=1S/C17H21N5O2S/c23-25(24,14-3-4-14)21-8-11-1-2-12(7-11)17-20-10-13-9-19-16-15(22(13)17)5-6-18-16/h5-6,9-12,14,18,21H,1-4,7-8H2/t11?,12-/m1/s1. The number of nitrogens with one attached hydrogen (secondary N) is 2. The lowest BCUT2D eigenvalue weighted by atomic mass is 10.0. The summed E-state index contributed by atoms with van der Waals surface area (Å²) in [6, 6.07) is 2.02. The summed E-state index contributed by atoms with van der Waals surface area (Å²) in [4.78, 5) is 12.2. The van der Waals surface area contributed by atoms with Crippen LogP contribution in [-0.4, -0.2) is 39.6 Å². The summed E-state index contributed by atoms with van der Waals surface area (Å²) in [5.74, 6) is 1.81. The van der Waals surface area contributed by atoms with Gasteiger partial charge in [0.15, 0.2) is 5.65 Å². The fraction of sp³-hybridized carbons (Fsp3) is 0.529. The second-order valence-corrected chi connectivity index (χ2v) is 9.36. The minimum Gasteiger partial charge on any atom is -0.345 e. The molecule has 1 unspecified atom stereocenters. The predicted molar refractivity (Wildman–Crippen MR) is 94.9 cm³/mol. The van der Waals surface area contributed by atoms with E-state index in [0.717, 1.165) is 54.6 Å². The molecule has 0 saturated heterocycles. The molecule has 7 nitrogen and oxygen atoms in total. The van der Waals surface area contributed by atoms with Crippen LogP contribution in [0.25, 0.3) is 16.7 Å². The number of hydrogen-bond donors (Lipinski definition) is 2. The molecule has 0 aromatic carbocycles. The van der Waals surface area contributed by atoms with Gasteiger partial charge in [-0.05, 0) is 44.1 Å². The van der Waals surface area contributed by atoms with Crippen molar-refractivity contribution in [2.75, 3.05) is 6.54 Å². The molecular weight excluding hydrogens is 338 g/mol. The third-order valence-electron chi connectivity index (χ3n) is 5.53. The molecule has 2 N–H and O–H groups in total. The van der Waals surface area contributed by atoms with Crippen LogP contribution in [-0.2, 0) is 10.0 Å². The monoisotopic (exact) mass is 359 g/mol. The van der Waals surface area contributed by atoms with Crippen molar-refractivity contribution in [3.63, 3.8) is 0 Å². The average Bonchev–Trinajstić information content (AvgIpc) is 3.03. The zero-order valence-corrected chi connectivity index (χ0v) is 14.7. The van der Waals surface area contributed by atoms with Crippen molar-refractivity contribution in [1.29, 1.82) is 0 Å². The Bertz CT molecular complexity index is 1030. The summed E-state index contributed by atoms with van der Waals surface area (Å²) in [5.41, 5.74) is 2.90. The molecule has 2 atom stereocenters. The fourth-order valence-corrected chi connectivity index (χ4v) is 5.47. The summed E-state index contributed by atoms with van der Waals surface area (Å²) in [7, 11) is -3.09. The van der Waals surface area contributed by atoms with Gasteiger partial charge in [-0.2, -0.15) is 0 Å². The van der Waals surface area contributed by atoms with Crippen LogP contribution in [0.2, 0.25) is 0 Å². The fourth-order valence-electron chi connectivity index (χ4n) is 4.01. The first kappa shape index (κ1) is 15.3. The molecule has 3 aromatic heterocycles. The summed E-state index contributed by atoms with van der Waals surface area (Å²) < 4.78 is 29.0. The number of imidazole rings is 1. The highest BCUT2D eigenvalue weighted by atomic mass is 32.2. The van der Waals surface area contributed by atoms with E-state index in [1.54, 1.807) is 0 Å². The number of fused-ring (bicyclic) bond motifs is 3. The van der Waals surface area contributed by atoms with Crippen LogP contribution >= 0.6 is 0 Å². The van der Waals surface area contributed by atoms with Gasteiger partial charge in [-0.1, -0.05) is 0 Å². The molecule has 2 aliphatic rings. The smallest absolute Gasteiger partial charge is 0.214 e. The molecule has 25 heavy (non-hydrogen) atoms. The molecular formula is C17H21N5O2S. The molecule has 2 aliphatic carbocycles. The van der Waals surface area contributed by atoms with E-state index in [-0.39, 0.29) is 5.25 Å². The van der Waals surface area contributed by atoms with E-state index in [1.165, 1.54) is 0 Å². The Kier molecular flexibility index (Phi) is 3.40. The van der Waals surface area contributed by atoms with Gasteiger partial charge in [0.25, 0.3) is 0 Å². The van der Waals surface area contributed by atoms with Crippen molar-refractivity contribution in [1.82, 2.24) is 24.1 Å². The molecule has 0 bridgehead atoms. The lowest BCUT2D eigenvalue weighted by Gasteiger charge is -2.12. The summed E-state index contributed by atoms with van der Waals surface area (Å²) in [5, 5.41) is -0.143. The summed E-state index contributed by atoms with van der Waals surface area (Å²) in [6.45, 7) is 0.555. The van der Waals surface area contributed by atoms with Crippen LogP contribution in [0.4, 0.5) is 0 Å². The molecule has 0 aliphatic heterocycles. The van der Waals surface area contributed by atoms with Gasteiger partial charge < -0.3 is 4.98 Å². The number of aromatic amines is 1. The molecule has 132 valence electrons. The van der Waals surface area contributed by atoms with Gasteiger partial charge in [-0.3, -0.25) is 4.40 Å². The van der Waals surface area contributed by atoms with Crippen LogP contribution in [0.15, 0.2) is 24.7 Å². The Hall–Kier alpha value is -1.93. The Morgan fingerprint density at radius 2 is 2.04 bits per heavy atom. The maximum Gasteiger partial charge on any atom is 0.214 e. The first-order valence-electron chi connectivity index (χ1n) is 8.90. The molecule has 2 saturated carbocycles. The Labute approximate surface area is 145 Å². The molecule has 3 aromatic rings. The minimum atomic E-state index is -3.09. The third-order valence-corrected chi connectivity index (χ3v) is 7.45. The molecule has 0 amide bonds. The Balaban J connectivity index is 1.36. The van der Waals surface area contributed by atoms with Crippen molar-refractivity contribution >= 4 is 26.7 Å². The first-order chi connectivity index (χ1) is 12.1.